The van der Waals surface area contributed by atoms with Gasteiger partial charge in [-0.25, -0.2) is 0 Å². The Morgan fingerprint density at radius 3 is 2.29 bits per heavy atom. The molecule has 3 N–H and O–H groups in total. The molecule has 0 amide bonds. The lowest BCUT2D eigenvalue weighted by Crippen LogP contribution is -2.71. The van der Waals surface area contributed by atoms with Gasteiger partial charge in [-0.1, -0.05) is 58.7 Å². The Morgan fingerprint density at radius 1 is 1.08 bits per heavy atom. The van der Waals surface area contributed by atoms with Gasteiger partial charge in [0.25, 0.3) is 0 Å². The molecule has 1 saturated carbocycles. The van der Waals surface area contributed by atoms with Gasteiger partial charge in [-0.15, -0.1) is 0 Å². The van der Waals surface area contributed by atoms with Crippen molar-refractivity contribution < 1.29 is 34.5 Å². The maximum Gasteiger partial charge on any atom is 0.206 e. The average molecular weight is 523 g/mol. The van der Waals surface area contributed by atoms with Crippen molar-refractivity contribution in [2.24, 2.45) is 16.7 Å². The van der Waals surface area contributed by atoms with Crippen LogP contribution in [-0.4, -0.2) is 44.1 Å². The number of rotatable bonds is 6. The van der Waals surface area contributed by atoms with E-state index in [4.69, 9.17) is 0 Å². The first-order valence-electron chi connectivity index (χ1n) is 13.4. The quantitative estimate of drug-likeness (QED) is 0.357. The lowest BCUT2D eigenvalue weighted by molar-refractivity contribution is -0.182. The summed E-state index contributed by atoms with van der Waals surface area (Å²) in [5, 5.41) is 34.8. The van der Waals surface area contributed by atoms with Gasteiger partial charge in [0, 0.05) is 34.8 Å². The summed E-state index contributed by atoms with van der Waals surface area (Å²) in [4.78, 5) is 52.8. The maximum absolute atomic E-state index is 14.3. The average Bonchev–Trinajstić information content (AvgIpc) is 2.84. The molecule has 1 aromatic carbocycles. The molecule has 38 heavy (non-hydrogen) atoms. The fraction of sp³-hybridized carbons (Fsp3) is 0.548. The molecule has 0 spiro atoms. The number of hydrogen-bond acceptors (Lipinski definition) is 7. The molecule has 0 aromatic heterocycles. The van der Waals surface area contributed by atoms with Gasteiger partial charge in [-0.05, 0) is 44.1 Å². The number of aromatic hydroxyl groups is 1. The summed E-state index contributed by atoms with van der Waals surface area (Å²) < 4.78 is 0. The SMILES string of the molecule is CCCCC(=O)Cc1ccc2c(c1O)C(O)=C1C(=O)[C@@]3(O)C(=O)C(C(C)=O)=C(C)C[C@@]3(C)[C@H](C)[C@@]1(C)[C@@H]2C. The minimum Gasteiger partial charge on any atom is -0.507 e. The number of unbranched alkanes of at least 4 members (excludes halogenated alkanes) is 1. The highest BCUT2D eigenvalue weighted by atomic mass is 16.3. The molecule has 0 aliphatic heterocycles. The van der Waals surface area contributed by atoms with Crippen LogP contribution in [0.25, 0.3) is 5.76 Å². The monoisotopic (exact) mass is 522 g/mol. The lowest BCUT2D eigenvalue weighted by Gasteiger charge is -2.62. The molecule has 4 rings (SSSR count). The lowest BCUT2D eigenvalue weighted by atomic mass is 9.40. The van der Waals surface area contributed by atoms with Crippen molar-refractivity contribution in [3.8, 4) is 5.75 Å². The molecule has 5 atom stereocenters. The van der Waals surface area contributed by atoms with Crippen LogP contribution in [-0.2, 0) is 25.6 Å². The largest absolute Gasteiger partial charge is 0.507 e. The van der Waals surface area contributed by atoms with Crippen LogP contribution in [0.5, 0.6) is 5.75 Å². The molecule has 204 valence electrons. The number of phenolic OH excluding ortho intramolecular Hbond substituents is 1. The van der Waals surface area contributed by atoms with Gasteiger partial charge in [0.05, 0.1) is 11.1 Å². The van der Waals surface area contributed by atoms with E-state index in [-0.39, 0.29) is 47.0 Å². The minimum atomic E-state index is -2.55. The van der Waals surface area contributed by atoms with Gasteiger partial charge in [0.1, 0.15) is 17.3 Å². The van der Waals surface area contributed by atoms with Crippen LogP contribution in [0, 0.1) is 16.7 Å². The number of fused-ring (bicyclic) bond motifs is 3. The molecule has 0 saturated heterocycles. The van der Waals surface area contributed by atoms with Crippen LogP contribution in [0.1, 0.15) is 96.8 Å². The van der Waals surface area contributed by atoms with E-state index in [1.807, 2.05) is 27.7 Å². The Kier molecular flexibility index (Phi) is 6.63. The van der Waals surface area contributed by atoms with Crippen molar-refractivity contribution in [2.75, 3.05) is 0 Å². The van der Waals surface area contributed by atoms with Crippen molar-refractivity contribution in [2.45, 2.75) is 92.1 Å². The van der Waals surface area contributed by atoms with Crippen LogP contribution >= 0.6 is 0 Å². The van der Waals surface area contributed by atoms with E-state index in [2.05, 4.69) is 0 Å². The van der Waals surface area contributed by atoms with Gasteiger partial charge in [0.2, 0.25) is 11.6 Å². The number of benzene rings is 1. The number of ketones is 4. The molecular weight excluding hydrogens is 484 g/mol. The van der Waals surface area contributed by atoms with Gasteiger partial charge in [-0.2, -0.15) is 0 Å². The molecule has 7 nitrogen and oxygen atoms in total. The number of carbonyl (C=O) groups excluding carboxylic acids is 4. The number of hydrogen-bond donors (Lipinski definition) is 3. The summed E-state index contributed by atoms with van der Waals surface area (Å²) in [6.45, 7) is 12.2. The first-order chi connectivity index (χ1) is 17.6. The van der Waals surface area contributed by atoms with Crippen LogP contribution < -0.4 is 0 Å². The molecule has 1 fully saturated rings. The molecule has 1 aromatic rings. The fourth-order valence-corrected chi connectivity index (χ4v) is 7.47. The smallest absolute Gasteiger partial charge is 0.206 e. The summed E-state index contributed by atoms with van der Waals surface area (Å²) in [7, 11) is 0. The molecule has 0 radical (unpaired) electrons. The third kappa shape index (κ3) is 3.36. The Balaban J connectivity index is 1.96. The van der Waals surface area contributed by atoms with E-state index in [0.717, 1.165) is 12.8 Å². The first-order valence-corrected chi connectivity index (χ1v) is 13.4. The van der Waals surface area contributed by atoms with Crippen LogP contribution in [0.3, 0.4) is 0 Å². The summed E-state index contributed by atoms with van der Waals surface area (Å²) in [5.41, 5.74) is -3.50. The number of Topliss-reactive ketones (excluding diaryl/α,β-unsaturated/α-hetero) is 4. The minimum absolute atomic E-state index is 0.00966. The van der Waals surface area contributed by atoms with Gasteiger partial charge >= 0.3 is 0 Å². The summed E-state index contributed by atoms with van der Waals surface area (Å²) in [6.07, 6.45) is 2.15. The summed E-state index contributed by atoms with van der Waals surface area (Å²) >= 11 is 0. The normalized spacial score (nSPS) is 32.6. The number of carbonyl (C=O) groups is 4. The predicted octanol–water partition coefficient (Wildman–Crippen LogP) is 4.92. The Hall–Kier alpha value is -3.06. The maximum atomic E-state index is 14.3. The molecule has 7 heteroatoms. The number of allylic oxidation sites excluding steroid dienone is 1. The molecule has 0 unspecified atom stereocenters. The zero-order valence-electron chi connectivity index (χ0n) is 23.3. The van der Waals surface area contributed by atoms with Crippen LogP contribution in [0.2, 0.25) is 0 Å². The number of phenols is 1. The zero-order valence-corrected chi connectivity index (χ0v) is 23.3. The zero-order chi connectivity index (χ0) is 28.5. The van der Waals surface area contributed by atoms with E-state index in [1.165, 1.54) is 6.92 Å². The van der Waals surface area contributed by atoms with E-state index in [9.17, 15) is 34.5 Å². The molecule has 3 aliphatic rings. The molecule has 3 aliphatic carbocycles. The summed E-state index contributed by atoms with van der Waals surface area (Å²) in [5.74, 6) is -4.06. The standard InChI is InChI=1S/C31H38O7/c1-8-9-10-20(33)13-19-11-12-21-16(3)30(7)18(5)29(6)14-15(2)22(17(4)32)27(36)31(29,38)28(37)24(30)26(35)23(21)25(19)34/h11-12,16,18,34-35,38H,8-10,13-14H2,1-7H3/t16-,18+,29+,30-,31+/m1/s1. The van der Waals surface area contributed by atoms with E-state index in [1.54, 1.807) is 26.0 Å². The molecular formula is C31H38O7. The van der Waals surface area contributed by atoms with Crippen LogP contribution in [0.4, 0.5) is 0 Å². The second-order valence-electron chi connectivity index (χ2n) is 12.0. The van der Waals surface area contributed by atoms with E-state index >= 15 is 0 Å². The fourth-order valence-electron chi connectivity index (χ4n) is 7.47. The number of aliphatic hydroxyl groups is 2. The highest BCUT2D eigenvalue weighted by molar-refractivity contribution is 6.33. The van der Waals surface area contributed by atoms with Gasteiger partial charge < -0.3 is 15.3 Å². The third-order valence-corrected chi connectivity index (χ3v) is 10.1. The summed E-state index contributed by atoms with van der Waals surface area (Å²) in [6, 6.07) is 3.48. The van der Waals surface area contributed by atoms with Crippen LogP contribution in [0.15, 0.2) is 28.9 Å². The van der Waals surface area contributed by atoms with E-state index < -0.39 is 45.5 Å². The van der Waals surface area contributed by atoms with Gasteiger partial charge in [-0.3, -0.25) is 19.2 Å². The molecule has 0 heterocycles. The predicted molar refractivity (Wildman–Crippen MR) is 143 cm³/mol. The highest BCUT2D eigenvalue weighted by Gasteiger charge is 2.73. The molecule has 0 bridgehead atoms. The van der Waals surface area contributed by atoms with Crippen molar-refractivity contribution in [3.05, 3.63) is 45.5 Å². The van der Waals surface area contributed by atoms with Crippen molar-refractivity contribution in [1.82, 2.24) is 0 Å². The van der Waals surface area contributed by atoms with Crippen molar-refractivity contribution in [1.29, 1.82) is 0 Å². The van der Waals surface area contributed by atoms with Crippen molar-refractivity contribution >= 4 is 28.9 Å². The number of aliphatic hydroxyl groups excluding tert-OH is 1. The second-order valence-corrected chi connectivity index (χ2v) is 12.0. The Labute approximate surface area is 223 Å². The first kappa shape index (κ1) is 28.0. The van der Waals surface area contributed by atoms with Gasteiger partial charge in [0.15, 0.2) is 11.4 Å². The van der Waals surface area contributed by atoms with Crippen molar-refractivity contribution in [3.63, 3.8) is 0 Å². The Bertz CT molecular complexity index is 1350. The topological polar surface area (TPSA) is 129 Å². The Morgan fingerprint density at radius 2 is 1.71 bits per heavy atom. The second kappa shape index (κ2) is 9.01. The highest BCUT2D eigenvalue weighted by Crippen LogP contribution is 2.68. The van der Waals surface area contributed by atoms with E-state index in [0.29, 0.717) is 23.1 Å². The third-order valence-electron chi connectivity index (χ3n) is 10.1.